The first-order valence-electron chi connectivity index (χ1n) is 12.5. The SMILES string of the molecule is CC[C@H](N)C(=O)N[C@@H]1C(=O)N2[C@@H](C=C[C@@H]1CO)CC[C@H]2C(=O)NC(c1ccccc1)c1ccccc1. The number of rotatable bonds is 8. The number of carbonyl (C=O) groups is 3. The molecule has 36 heavy (non-hydrogen) atoms. The Morgan fingerprint density at radius 2 is 1.64 bits per heavy atom. The molecule has 2 heterocycles. The highest BCUT2D eigenvalue weighted by Crippen LogP contribution is 2.31. The molecule has 3 amide bonds. The Kier molecular flexibility index (Phi) is 8.18. The number of benzene rings is 2. The van der Waals surface area contributed by atoms with Crippen molar-refractivity contribution in [1.29, 1.82) is 0 Å². The molecule has 1 saturated heterocycles. The van der Waals surface area contributed by atoms with Gasteiger partial charge in [0.15, 0.2) is 0 Å². The summed E-state index contributed by atoms with van der Waals surface area (Å²) in [4.78, 5) is 41.5. The molecule has 5 atom stereocenters. The quantitative estimate of drug-likeness (QED) is 0.419. The van der Waals surface area contributed by atoms with Crippen molar-refractivity contribution >= 4 is 17.7 Å². The van der Waals surface area contributed by atoms with Gasteiger partial charge in [0.25, 0.3) is 0 Å². The minimum atomic E-state index is -0.992. The van der Waals surface area contributed by atoms with E-state index in [9.17, 15) is 19.5 Å². The molecule has 2 aromatic carbocycles. The topological polar surface area (TPSA) is 125 Å². The number of fused-ring (bicyclic) bond motifs is 1. The van der Waals surface area contributed by atoms with E-state index in [1.807, 2.05) is 66.7 Å². The number of carbonyl (C=O) groups excluding carboxylic acids is 3. The Balaban J connectivity index is 1.59. The molecular weight excluding hydrogens is 456 g/mol. The van der Waals surface area contributed by atoms with Gasteiger partial charge in [0, 0.05) is 5.92 Å². The number of hydrogen-bond acceptors (Lipinski definition) is 5. The van der Waals surface area contributed by atoms with E-state index in [-0.39, 0.29) is 30.5 Å². The van der Waals surface area contributed by atoms with Gasteiger partial charge in [-0.05, 0) is 30.4 Å². The maximum atomic E-state index is 13.7. The lowest BCUT2D eigenvalue weighted by atomic mass is 9.97. The zero-order valence-corrected chi connectivity index (χ0v) is 20.4. The van der Waals surface area contributed by atoms with Crippen LogP contribution < -0.4 is 16.4 Å². The maximum absolute atomic E-state index is 13.7. The number of nitrogens with zero attached hydrogens (tertiary/aromatic N) is 1. The minimum Gasteiger partial charge on any atom is -0.396 e. The van der Waals surface area contributed by atoms with Crippen molar-refractivity contribution in [3.8, 4) is 0 Å². The van der Waals surface area contributed by atoms with Gasteiger partial charge in [-0.25, -0.2) is 0 Å². The lowest BCUT2D eigenvalue weighted by Gasteiger charge is -2.33. The third-order valence-corrected chi connectivity index (χ3v) is 7.10. The van der Waals surface area contributed by atoms with Crippen molar-refractivity contribution < 1.29 is 19.5 Å². The summed E-state index contributed by atoms with van der Waals surface area (Å²) in [5.74, 6) is -1.68. The molecule has 0 bridgehead atoms. The third-order valence-electron chi connectivity index (χ3n) is 7.10. The highest BCUT2D eigenvalue weighted by molar-refractivity contribution is 5.94. The molecular formula is C28H34N4O4. The van der Waals surface area contributed by atoms with E-state index in [0.29, 0.717) is 19.3 Å². The van der Waals surface area contributed by atoms with E-state index in [2.05, 4.69) is 10.6 Å². The van der Waals surface area contributed by atoms with Gasteiger partial charge in [0.2, 0.25) is 17.7 Å². The fourth-order valence-corrected chi connectivity index (χ4v) is 5.00. The van der Waals surface area contributed by atoms with Gasteiger partial charge < -0.3 is 26.4 Å². The maximum Gasteiger partial charge on any atom is 0.247 e. The number of amides is 3. The van der Waals surface area contributed by atoms with Crippen LogP contribution in [0.15, 0.2) is 72.8 Å². The van der Waals surface area contributed by atoms with E-state index in [0.717, 1.165) is 11.1 Å². The molecule has 4 rings (SSSR count). The Morgan fingerprint density at radius 1 is 1.03 bits per heavy atom. The largest absolute Gasteiger partial charge is 0.396 e. The van der Waals surface area contributed by atoms with Crippen LogP contribution in [0.3, 0.4) is 0 Å². The molecule has 2 aliphatic heterocycles. The summed E-state index contributed by atoms with van der Waals surface area (Å²) in [6, 6.07) is 16.3. The molecule has 0 unspecified atom stereocenters. The van der Waals surface area contributed by atoms with E-state index >= 15 is 0 Å². The average Bonchev–Trinajstić information content (AvgIpc) is 3.30. The lowest BCUT2D eigenvalue weighted by Crippen LogP contribution is -2.58. The fraction of sp³-hybridized carbons (Fsp3) is 0.393. The molecule has 190 valence electrons. The smallest absolute Gasteiger partial charge is 0.247 e. The van der Waals surface area contributed by atoms with Crippen LogP contribution in [0.1, 0.15) is 43.4 Å². The number of aliphatic hydroxyl groups excluding tert-OH is 1. The van der Waals surface area contributed by atoms with Crippen molar-refractivity contribution in [2.45, 2.75) is 56.4 Å². The summed E-state index contributed by atoms with van der Waals surface area (Å²) in [5, 5.41) is 15.8. The first kappa shape index (κ1) is 25.6. The van der Waals surface area contributed by atoms with Crippen LogP contribution in [-0.2, 0) is 14.4 Å². The normalized spacial score (nSPS) is 24.2. The Hall–Kier alpha value is -3.49. The number of hydrogen-bond donors (Lipinski definition) is 4. The molecule has 2 aromatic rings. The van der Waals surface area contributed by atoms with Crippen molar-refractivity contribution in [3.05, 3.63) is 83.9 Å². The van der Waals surface area contributed by atoms with Gasteiger partial charge >= 0.3 is 0 Å². The van der Waals surface area contributed by atoms with E-state index in [1.165, 1.54) is 0 Å². The fourth-order valence-electron chi connectivity index (χ4n) is 5.00. The van der Waals surface area contributed by atoms with Gasteiger partial charge in [0.1, 0.15) is 12.1 Å². The lowest BCUT2D eigenvalue weighted by molar-refractivity contribution is -0.143. The highest BCUT2D eigenvalue weighted by Gasteiger charge is 2.46. The first-order chi connectivity index (χ1) is 17.4. The molecule has 0 spiro atoms. The molecule has 0 radical (unpaired) electrons. The van der Waals surface area contributed by atoms with Crippen LogP contribution >= 0.6 is 0 Å². The van der Waals surface area contributed by atoms with Crippen molar-refractivity contribution in [1.82, 2.24) is 15.5 Å². The molecule has 2 aliphatic rings. The van der Waals surface area contributed by atoms with E-state index in [4.69, 9.17) is 5.73 Å². The summed E-state index contributed by atoms with van der Waals surface area (Å²) in [6.45, 7) is 1.48. The summed E-state index contributed by atoms with van der Waals surface area (Å²) in [7, 11) is 0. The second-order valence-corrected chi connectivity index (χ2v) is 9.40. The minimum absolute atomic E-state index is 0.255. The van der Waals surface area contributed by atoms with Gasteiger partial charge in [-0.1, -0.05) is 79.7 Å². The molecule has 0 saturated carbocycles. The molecule has 0 aliphatic carbocycles. The first-order valence-corrected chi connectivity index (χ1v) is 12.5. The van der Waals surface area contributed by atoms with E-state index in [1.54, 1.807) is 17.9 Å². The van der Waals surface area contributed by atoms with Crippen LogP contribution in [-0.4, -0.2) is 58.5 Å². The predicted octanol–water partition coefficient (Wildman–Crippen LogP) is 1.65. The highest BCUT2D eigenvalue weighted by atomic mass is 16.3. The van der Waals surface area contributed by atoms with Gasteiger partial charge in [-0.2, -0.15) is 0 Å². The number of nitrogens with one attached hydrogen (secondary N) is 2. The standard InChI is InChI=1S/C28H34N4O4/c1-2-22(29)26(34)31-25-20(17-33)13-14-21-15-16-23(32(21)28(25)36)27(35)30-24(18-9-5-3-6-10-18)19-11-7-4-8-12-19/h3-14,20-25,33H,2,15-17,29H2,1H3,(H,30,35)(H,31,34)/t20-,21+,22+,23+,25+/m1/s1. The second-order valence-electron chi connectivity index (χ2n) is 9.40. The van der Waals surface area contributed by atoms with Crippen LogP contribution in [0.4, 0.5) is 0 Å². The molecule has 5 N–H and O–H groups in total. The summed E-state index contributed by atoms with van der Waals surface area (Å²) in [6.07, 6.45) is 5.17. The predicted molar refractivity (Wildman–Crippen MR) is 136 cm³/mol. The Bertz CT molecular complexity index is 1050. The third kappa shape index (κ3) is 5.34. The van der Waals surface area contributed by atoms with Crippen molar-refractivity contribution in [3.63, 3.8) is 0 Å². The Labute approximate surface area is 211 Å². The number of nitrogens with two attached hydrogens (primary N) is 1. The van der Waals surface area contributed by atoms with Crippen LogP contribution in [0, 0.1) is 5.92 Å². The molecule has 1 fully saturated rings. The second kappa shape index (κ2) is 11.5. The summed E-state index contributed by atoms with van der Waals surface area (Å²) >= 11 is 0. The molecule has 0 aromatic heterocycles. The average molecular weight is 491 g/mol. The van der Waals surface area contributed by atoms with Crippen molar-refractivity contribution in [2.24, 2.45) is 11.7 Å². The van der Waals surface area contributed by atoms with Gasteiger partial charge in [-0.15, -0.1) is 0 Å². The van der Waals surface area contributed by atoms with Crippen LogP contribution in [0.5, 0.6) is 0 Å². The van der Waals surface area contributed by atoms with Crippen LogP contribution in [0.25, 0.3) is 0 Å². The summed E-state index contributed by atoms with van der Waals surface area (Å²) < 4.78 is 0. The monoisotopic (exact) mass is 490 g/mol. The number of aliphatic hydroxyl groups is 1. The van der Waals surface area contributed by atoms with E-state index < -0.39 is 30.0 Å². The van der Waals surface area contributed by atoms with Crippen molar-refractivity contribution in [2.75, 3.05) is 6.61 Å². The van der Waals surface area contributed by atoms with Gasteiger partial charge in [-0.3, -0.25) is 14.4 Å². The van der Waals surface area contributed by atoms with Gasteiger partial charge in [0.05, 0.1) is 24.7 Å². The van der Waals surface area contributed by atoms with Crippen LogP contribution in [0.2, 0.25) is 0 Å². The summed E-state index contributed by atoms with van der Waals surface area (Å²) in [5.41, 5.74) is 7.75. The zero-order chi connectivity index (χ0) is 25.7. The molecule has 8 nitrogen and oxygen atoms in total. The zero-order valence-electron chi connectivity index (χ0n) is 20.4. The Morgan fingerprint density at radius 3 is 2.19 bits per heavy atom. The molecule has 8 heteroatoms.